The normalized spacial score (nSPS) is 12.1. The van der Waals surface area contributed by atoms with Crippen LogP contribution in [0.15, 0.2) is 24.3 Å². The summed E-state index contributed by atoms with van der Waals surface area (Å²) >= 11 is 0. The van der Waals surface area contributed by atoms with Crippen LogP contribution in [0.25, 0.3) is 0 Å². The molecule has 0 spiro atoms. The quantitative estimate of drug-likeness (QED) is 0.734. The lowest BCUT2D eigenvalue weighted by molar-refractivity contribution is -0.120. The van der Waals surface area contributed by atoms with Crippen molar-refractivity contribution in [3.63, 3.8) is 0 Å². The van der Waals surface area contributed by atoms with Crippen LogP contribution in [0.3, 0.4) is 0 Å². The molecule has 5 heteroatoms. The van der Waals surface area contributed by atoms with Crippen molar-refractivity contribution in [3.8, 4) is 0 Å². The number of anilines is 1. The minimum Gasteiger partial charge on any atom is -0.398 e. The second-order valence-corrected chi connectivity index (χ2v) is 5.52. The molecule has 0 saturated carbocycles. The molecule has 0 aromatic heterocycles. The highest BCUT2D eigenvalue weighted by Crippen LogP contribution is 2.10. The van der Waals surface area contributed by atoms with Crippen molar-refractivity contribution >= 4 is 22.4 Å². The molecule has 1 unspecified atom stereocenters. The van der Waals surface area contributed by atoms with Crippen molar-refractivity contribution in [2.75, 3.05) is 23.8 Å². The first-order valence-corrected chi connectivity index (χ1v) is 7.07. The Balaban J connectivity index is 2.35. The minimum atomic E-state index is -0.834. The van der Waals surface area contributed by atoms with Gasteiger partial charge in [0, 0.05) is 34.5 Å². The van der Waals surface area contributed by atoms with Gasteiger partial charge in [-0.2, -0.15) is 0 Å². The van der Waals surface area contributed by atoms with Crippen molar-refractivity contribution in [1.29, 1.82) is 0 Å². The van der Waals surface area contributed by atoms with E-state index < -0.39 is 10.8 Å². The third-order valence-corrected chi connectivity index (χ3v) is 3.68. The second kappa shape index (κ2) is 7.06. The summed E-state index contributed by atoms with van der Waals surface area (Å²) in [6, 6.07) is 7.29. The molecule has 94 valence electrons. The molecule has 0 fully saturated rings. The van der Waals surface area contributed by atoms with E-state index in [1.54, 1.807) is 6.07 Å². The van der Waals surface area contributed by atoms with Gasteiger partial charge in [-0.3, -0.25) is 9.00 Å². The van der Waals surface area contributed by atoms with E-state index in [-0.39, 0.29) is 12.3 Å². The third-order valence-electron chi connectivity index (χ3n) is 2.38. The summed E-state index contributed by atoms with van der Waals surface area (Å²) in [7, 11) is -0.834. The van der Waals surface area contributed by atoms with Gasteiger partial charge in [0.2, 0.25) is 5.91 Å². The molecular weight excluding hydrogens is 236 g/mol. The molecule has 0 bridgehead atoms. The fraction of sp³-hybridized carbons (Fsp3) is 0.417. The molecular formula is C12H18N2O2S. The average molecular weight is 254 g/mol. The van der Waals surface area contributed by atoms with Crippen molar-refractivity contribution in [2.45, 2.75) is 13.3 Å². The van der Waals surface area contributed by atoms with Crippen LogP contribution in [0.5, 0.6) is 0 Å². The molecule has 0 aliphatic rings. The van der Waals surface area contributed by atoms with Gasteiger partial charge in [0.1, 0.15) is 0 Å². The summed E-state index contributed by atoms with van der Waals surface area (Å²) < 4.78 is 11.1. The largest absolute Gasteiger partial charge is 0.398 e. The van der Waals surface area contributed by atoms with Gasteiger partial charge in [-0.25, -0.2) is 0 Å². The molecule has 1 atom stereocenters. The summed E-state index contributed by atoms with van der Waals surface area (Å²) in [5.41, 5.74) is 7.18. The first-order chi connectivity index (χ1) is 8.13. The first-order valence-electron chi connectivity index (χ1n) is 5.58. The number of para-hydroxylation sites is 1. The van der Waals surface area contributed by atoms with Crippen LogP contribution in [0, 0.1) is 0 Å². The summed E-state index contributed by atoms with van der Waals surface area (Å²) in [5, 5.41) is 2.74. The van der Waals surface area contributed by atoms with Gasteiger partial charge in [-0.1, -0.05) is 25.1 Å². The zero-order valence-corrected chi connectivity index (χ0v) is 10.8. The summed E-state index contributed by atoms with van der Waals surface area (Å²) in [6.07, 6.45) is 0.269. The van der Waals surface area contributed by atoms with Gasteiger partial charge in [0.15, 0.2) is 0 Å². The Hall–Kier alpha value is -1.36. The van der Waals surface area contributed by atoms with Crippen molar-refractivity contribution in [1.82, 2.24) is 5.32 Å². The van der Waals surface area contributed by atoms with E-state index >= 15 is 0 Å². The molecule has 1 aromatic carbocycles. The Bertz CT molecular complexity index is 407. The molecule has 4 nitrogen and oxygen atoms in total. The monoisotopic (exact) mass is 254 g/mol. The Morgan fingerprint density at radius 3 is 2.76 bits per heavy atom. The topological polar surface area (TPSA) is 72.2 Å². The molecule has 0 saturated heterocycles. The fourth-order valence-electron chi connectivity index (χ4n) is 1.38. The van der Waals surface area contributed by atoms with Gasteiger partial charge in [0.05, 0.1) is 6.42 Å². The molecule has 1 amide bonds. The van der Waals surface area contributed by atoms with Crippen molar-refractivity contribution < 1.29 is 9.00 Å². The van der Waals surface area contributed by atoms with Gasteiger partial charge in [0.25, 0.3) is 0 Å². The Morgan fingerprint density at radius 1 is 1.41 bits per heavy atom. The Morgan fingerprint density at radius 2 is 2.12 bits per heavy atom. The number of rotatable bonds is 6. The van der Waals surface area contributed by atoms with Gasteiger partial charge in [-0.15, -0.1) is 0 Å². The Labute approximate surface area is 104 Å². The van der Waals surface area contributed by atoms with Crippen molar-refractivity contribution in [3.05, 3.63) is 29.8 Å². The number of amides is 1. The van der Waals surface area contributed by atoms with Crippen LogP contribution in [-0.2, 0) is 22.0 Å². The van der Waals surface area contributed by atoms with E-state index in [2.05, 4.69) is 5.32 Å². The highest BCUT2D eigenvalue weighted by atomic mass is 32.2. The zero-order chi connectivity index (χ0) is 12.7. The third kappa shape index (κ3) is 4.99. The molecule has 1 rings (SSSR count). The Kier molecular flexibility index (Phi) is 5.69. The van der Waals surface area contributed by atoms with E-state index in [1.165, 1.54) is 0 Å². The predicted octanol–water partition coefficient (Wildman–Crippen LogP) is 0.696. The van der Waals surface area contributed by atoms with Crippen LogP contribution < -0.4 is 11.1 Å². The molecule has 0 aliphatic carbocycles. The number of carbonyl (C=O) groups is 1. The maximum absolute atomic E-state index is 11.6. The fourth-order valence-corrected chi connectivity index (χ4v) is 2.00. The maximum atomic E-state index is 11.6. The van der Waals surface area contributed by atoms with E-state index in [9.17, 15) is 9.00 Å². The SMILES string of the molecule is CCS(=O)CCNC(=O)Cc1ccccc1N. The van der Waals surface area contributed by atoms with Crippen LogP contribution in [-0.4, -0.2) is 28.2 Å². The molecule has 0 heterocycles. The van der Waals surface area contributed by atoms with Crippen LogP contribution in [0.1, 0.15) is 12.5 Å². The zero-order valence-electron chi connectivity index (χ0n) is 9.94. The van der Waals surface area contributed by atoms with E-state index in [4.69, 9.17) is 5.73 Å². The smallest absolute Gasteiger partial charge is 0.224 e. The van der Waals surface area contributed by atoms with E-state index in [1.807, 2.05) is 25.1 Å². The minimum absolute atomic E-state index is 0.0870. The van der Waals surface area contributed by atoms with Crippen molar-refractivity contribution in [2.24, 2.45) is 0 Å². The van der Waals surface area contributed by atoms with Gasteiger partial charge in [-0.05, 0) is 11.6 Å². The number of nitrogen functional groups attached to an aromatic ring is 1. The standard InChI is InChI=1S/C12H18N2O2S/c1-2-17(16)8-7-14-12(15)9-10-5-3-4-6-11(10)13/h3-6H,2,7-9,13H2,1H3,(H,14,15). The number of nitrogens with one attached hydrogen (secondary N) is 1. The lowest BCUT2D eigenvalue weighted by Gasteiger charge is -2.06. The second-order valence-electron chi connectivity index (χ2n) is 3.66. The molecule has 17 heavy (non-hydrogen) atoms. The van der Waals surface area contributed by atoms with Gasteiger partial charge >= 0.3 is 0 Å². The number of hydrogen-bond donors (Lipinski definition) is 2. The predicted molar refractivity (Wildman–Crippen MR) is 71.1 cm³/mol. The molecule has 0 radical (unpaired) electrons. The summed E-state index contributed by atoms with van der Waals surface area (Å²) in [6.45, 7) is 2.31. The number of nitrogens with two attached hydrogens (primary N) is 1. The van der Waals surface area contributed by atoms with Crippen LogP contribution >= 0.6 is 0 Å². The number of hydrogen-bond acceptors (Lipinski definition) is 3. The lowest BCUT2D eigenvalue weighted by Crippen LogP contribution is -2.29. The van der Waals surface area contributed by atoms with E-state index in [0.717, 1.165) is 5.56 Å². The highest BCUT2D eigenvalue weighted by molar-refractivity contribution is 7.84. The molecule has 0 aliphatic heterocycles. The number of carbonyl (C=O) groups excluding carboxylic acids is 1. The molecule has 1 aromatic rings. The van der Waals surface area contributed by atoms with Crippen LogP contribution in [0.2, 0.25) is 0 Å². The number of benzene rings is 1. The molecule has 3 N–H and O–H groups in total. The van der Waals surface area contributed by atoms with E-state index in [0.29, 0.717) is 23.7 Å². The highest BCUT2D eigenvalue weighted by Gasteiger charge is 2.05. The summed E-state index contributed by atoms with van der Waals surface area (Å²) in [4.78, 5) is 11.6. The average Bonchev–Trinajstić information content (AvgIpc) is 2.32. The van der Waals surface area contributed by atoms with Gasteiger partial charge < -0.3 is 11.1 Å². The maximum Gasteiger partial charge on any atom is 0.224 e. The van der Waals surface area contributed by atoms with Crippen LogP contribution in [0.4, 0.5) is 5.69 Å². The lowest BCUT2D eigenvalue weighted by atomic mass is 10.1. The summed E-state index contributed by atoms with van der Waals surface area (Å²) in [5.74, 6) is 1.05. The first kappa shape index (κ1) is 13.7.